The summed E-state index contributed by atoms with van der Waals surface area (Å²) in [5.41, 5.74) is 7.63. The smallest absolute Gasteiger partial charge is 0.241 e. The maximum absolute atomic E-state index is 12.0. The van der Waals surface area contributed by atoms with E-state index in [0.29, 0.717) is 0 Å². The Bertz CT molecular complexity index is 705. The lowest BCUT2D eigenvalue weighted by Gasteiger charge is -2.15. The highest BCUT2D eigenvalue weighted by Gasteiger charge is 2.18. The van der Waals surface area contributed by atoms with Crippen molar-refractivity contribution >= 4 is 11.6 Å². The highest BCUT2D eigenvalue weighted by Crippen LogP contribution is 2.24. The van der Waals surface area contributed by atoms with E-state index in [2.05, 4.69) is 20.1 Å². The lowest BCUT2D eigenvalue weighted by Crippen LogP contribution is -2.39. The molecule has 1 atom stereocenters. The summed E-state index contributed by atoms with van der Waals surface area (Å²) in [6, 6.07) is 7.21. The van der Waals surface area contributed by atoms with Crippen LogP contribution in [-0.4, -0.2) is 26.7 Å². The number of aryl methyl sites for hydroxylation is 1. The summed E-state index contributed by atoms with van der Waals surface area (Å²) in [5.74, 6) is 1.93. The molecule has 3 rings (SSSR count). The molecule has 0 saturated heterocycles. The van der Waals surface area contributed by atoms with Gasteiger partial charge in [0.05, 0.1) is 6.04 Å². The zero-order valence-electron chi connectivity index (χ0n) is 14.3. The minimum atomic E-state index is -0.503. The Morgan fingerprint density at radius 2 is 1.92 bits per heavy atom. The van der Waals surface area contributed by atoms with Crippen LogP contribution in [0.3, 0.4) is 0 Å². The average molecular weight is 327 g/mol. The molecule has 3 N–H and O–H groups in total. The van der Waals surface area contributed by atoms with Gasteiger partial charge in [-0.25, -0.2) is 0 Å². The highest BCUT2D eigenvalue weighted by atomic mass is 16.2. The number of nitrogens with one attached hydrogen (secondary N) is 1. The molecule has 6 heteroatoms. The number of carbonyl (C=O) groups excluding carboxylic acids is 1. The molecule has 1 aromatic carbocycles. The molecule has 0 saturated carbocycles. The molecule has 0 fully saturated rings. The van der Waals surface area contributed by atoms with Crippen LogP contribution >= 0.6 is 0 Å². The lowest BCUT2D eigenvalue weighted by molar-refractivity contribution is -0.118. The molecule has 0 spiro atoms. The summed E-state index contributed by atoms with van der Waals surface area (Å²) < 4.78 is 2.22. The fourth-order valence-corrected chi connectivity index (χ4v) is 2.93. The topological polar surface area (TPSA) is 85.8 Å². The minimum absolute atomic E-state index is 0.107. The molecule has 0 bridgehead atoms. The second-order valence-corrected chi connectivity index (χ2v) is 6.74. The Hall–Kier alpha value is -2.21. The van der Waals surface area contributed by atoms with Crippen LogP contribution in [0.15, 0.2) is 24.3 Å². The molecule has 1 aliphatic rings. The Kier molecular flexibility index (Phi) is 4.94. The normalized spacial score (nSPS) is 15.7. The molecular formula is C18H25N5O. The van der Waals surface area contributed by atoms with Crippen LogP contribution in [0.1, 0.15) is 38.9 Å². The van der Waals surface area contributed by atoms with Gasteiger partial charge in [-0.15, -0.1) is 10.2 Å². The first-order valence-electron chi connectivity index (χ1n) is 8.65. The molecule has 1 aliphatic heterocycles. The average Bonchev–Trinajstić information content (AvgIpc) is 2.83. The number of nitrogens with two attached hydrogens (primary N) is 1. The summed E-state index contributed by atoms with van der Waals surface area (Å²) in [7, 11) is 0. The van der Waals surface area contributed by atoms with Gasteiger partial charge in [-0.05, 0) is 43.0 Å². The molecule has 0 radical (unpaired) electrons. The number of benzene rings is 1. The van der Waals surface area contributed by atoms with Gasteiger partial charge < -0.3 is 15.6 Å². The Morgan fingerprint density at radius 1 is 1.17 bits per heavy atom. The number of hydrogen-bond donors (Lipinski definition) is 2. The first-order chi connectivity index (χ1) is 11.6. The van der Waals surface area contributed by atoms with Gasteiger partial charge >= 0.3 is 0 Å². The number of hydrogen-bond acceptors (Lipinski definition) is 4. The van der Waals surface area contributed by atoms with Gasteiger partial charge in [0.15, 0.2) is 5.82 Å². The van der Waals surface area contributed by atoms with E-state index in [4.69, 9.17) is 5.73 Å². The number of nitrogens with zero attached hydrogens (tertiary/aromatic N) is 3. The highest BCUT2D eigenvalue weighted by molar-refractivity contribution is 5.95. The third kappa shape index (κ3) is 3.48. The molecule has 1 unspecified atom stereocenters. The fourth-order valence-electron chi connectivity index (χ4n) is 2.93. The first kappa shape index (κ1) is 16.6. The second kappa shape index (κ2) is 7.13. The quantitative estimate of drug-likeness (QED) is 0.904. The van der Waals surface area contributed by atoms with Gasteiger partial charge in [0.2, 0.25) is 5.91 Å². The number of amides is 1. The first-order valence-corrected chi connectivity index (χ1v) is 8.65. The standard InChI is InChI=1S/C18H25N5O/c1-12(2)16(19)18(24)20-14-9-7-13(8-10-14)17-22-21-15-6-4-3-5-11-23(15)17/h7-10,12,16H,3-6,11,19H2,1-2H3,(H,20,24). The van der Waals surface area contributed by atoms with E-state index in [1.807, 2.05) is 38.1 Å². The van der Waals surface area contributed by atoms with Gasteiger partial charge in [0.25, 0.3) is 0 Å². The number of aromatic nitrogens is 3. The van der Waals surface area contributed by atoms with Crippen molar-refractivity contribution in [3.05, 3.63) is 30.1 Å². The summed E-state index contributed by atoms with van der Waals surface area (Å²) in [4.78, 5) is 12.0. The predicted octanol–water partition coefficient (Wildman–Crippen LogP) is 2.59. The van der Waals surface area contributed by atoms with Gasteiger partial charge in [-0.1, -0.05) is 20.3 Å². The van der Waals surface area contributed by atoms with Crippen LogP contribution < -0.4 is 11.1 Å². The maximum Gasteiger partial charge on any atom is 0.241 e. The fraction of sp³-hybridized carbons (Fsp3) is 0.500. The molecule has 2 heterocycles. The summed E-state index contributed by atoms with van der Waals surface area (Å²) in [6.07, 6.45) is 4.58. The van der Waals surface area contributed by atoms with E-state index >= 15 is 0 Å². The molecular weight excluding hydrogens is 302 g/mol. The van der Waals surface area contributed by atoms with Crippen molar-refractivity contribution < 1.29 is 4.79 Å². The number of rotatable bonds is 4. The van der Waals surface area contributed by atoms with E-state index in [-0.39, 0.29) is 11.8 Å². The van der Waals surface area contributed by atoms with Crippen molar-refractivity contribution in [1.82, 2.24) is 14.8 Å². The third-order valence-electron chi connectivity index (χ3n) is 4.54. The van der Waals surface area contributed by atoms with Crippen molar-refractivity contribution in [3.63, 3.8) is 0 Å². The van der Waals surface area contributed by atoms with Crippen molar-refractivity contribution in [3.8, 4) is 11.4 Å². The van der Waals surface area contributed by atoms with Crippen molar-refractivity contribution in [2.24, 2.45) is 11.7 Å². The lowest BCUT2D eigenvalue weighted by atomic mass is 10.0. The van der Waals surface area contributed by atoms with Gasteiger partial charge in [-0.3, -0.25) is 4.79 Å². The predicted molar refractivity (Wildman–Crippen MR) is 94.5 cm³/mol. The zero-order valence-corrected chi connectivity index (χ0v) is 14.3. The van der Waals surface area contributed by atoms with Crippen LogP contribution in [0, 0.1) is 5.92 Å². The van der Waals surface area contributed by atoms with Gasteiger partial charge in [0, 0.05) is 24.2 Å². The molecule has 0 aliphatic carbocycles. The molecule has 128 valence electrons. The van der Waals surface area contributed by atoms with Crippen molar-refractivity contribution in [2.45, 2.75) is 52.1 Å². The maximum atomic E-state index is 12.0. The SMILES string of the molecule is CC(C)C(N)C(=O)Nc1ccc(-c2nnc3n2CCCCC3)cc1. The van der Waals surface area contributed by atoms with Crippen LogP contribution in [-0.2, 0) is 17.8 Å². The van der Waals surface area contributed by atoms with Crippen LogP contribution in [0.25, 0.3) is 11.4 Å². The second-order valence-electron chi connectivity index (χ2n) is 6.74. The Morgan fingerprint density at radius 3 is 2.62 bits per heavy atom. The summed E-state index contributed by atoms with van der Waals surface area (Å²) in [5, 5.41) is 11.6. The molecule has 2 aromatic rings. The van der Waals surface area contributed by atoms with Gasteiger partial charge in [-0.2, -0.15) is 0 Å². The number of carbonyl (C=O) groups is 1. The van der Waals surface area contributed by atoms with E-state index in [0.717, 1.165) is 35.9 Å². The van der Waals surface area contributed by atoms with Crippen LogP contribution in [0.4, 0.5) is 5.69 Å². The third-order valence-corrected chi connectivity index (χ3v) is 4.54. The van der Waals surface area contributed by atoms with Crippen molar-refractivity contribution in [2.75, 3.05) is 5.32 Å². The van der Waals surface area contributed by atoms with Crippen LogP contribution in [0.5, 0.6) is 0 Å². The summed E-state index contributed by atoms with van der Waals surface area (Å²) in [6.45, 7) is 4.84. The number of fused-ring (bicyclic) bond motifs is 1. The number of anilines is 1. The van der Waals surface area contributed by atoms with Gasteiger partial charge in [0.1, 0.15) is 5.82 Å². The van der Waals surface area contributed by atoms with E-state index in [9.17, 15) is 4.79 Å². The van der Waals surface area contributed by atoms with E-state index < -0.39 is 6.04 Å². The van der Waals surface area contributed by atoms with Crippen molar-refractivity contribution in [1.29, 1.82) is 0 Å². The molecule has 24 heavy (non-hydrogen) atoms. The van der Waals surface area contributed by atoms with Crippen LogP contribution in [0.2, 0.25) is 0 Å². The minimum Gasteiger partial charge on any atom is -0.325 e. The molecule has 6 nitrogen and oxygen atoms in total. The van der Waals surface area contributed by atoms with E-state index in [1.54, 1.807) is 0 Å². The summed E-state index contributed by atoms with van der Waals surface area (Å²) >= 11 is 0. The monoisotopic (exact) mass is 327 g/mol. The van der Waals surface area contributed by atoms with E-state index in [1.165, 1.54) is 19.3 Å². The Balaban J connectivity index is 1.76. The zero-order chi connectivity index (χ0) is 17.1. The largest absolute Gasteiger partial charge is 0.325 e. The Labute approximate surface area is 142 Å². The molecule has 1 aromatic heterocycles. The molecule has 1 amide bonds.